The SMILES string of the molecule is CCOC(=O)N1CCN(C(=O)CNCC(F)(F)F)CC1. The normalized spacial score (nSPS) is 16.2. The van der Waals surface area contributed by atoms with E-state index in [0.717, 1.165) is 0 Å². The average Bonchev–Trinajstić information content (AvgIpc) is 2.37. The Morgan fingerprint density at radius 3 is 2.20 bits per heavy atom. The fourth-order valence-electron chi connectivity index (χ4n) is 1.78. The van der Waals surface area contributed by atoms with E-state index >= 15 is 0 Å². The molecule has 1 saturated heterocycles. The smallest absolute Gasteiger partial charge is 0.409 e. The number of ether oxygens (including phenoxy) is 1. The van der Waals surface area contributed by atoms with Gasteiger partial charge in [0.25, 0.3) is 0 Å². The largest absolute Gasteiger partial charge is 0.450 e. The highest BCUT2D eigenvalue weighted by Gasteiger charge is 2.28. The molecular formula is C11H18F3N3O3. The van der Waals surface area contributed by atoms with Crippen molar-refractivity contribution in [3.8, 4) is 0 Å². The van der Waals surface area contributed by atoms with E-state index in [1.54, 1.807) is 6.92 Å². The molecule has 20 heavy (non-hydrogen) atoms. The van der Waals surface area contributed by atoms with Gasteiger partial charge in [-0.05, 0) is 6.92 Å². The minimum absolute atomic E-state index is 0.277. The van der Waals surface area contributed by atoms with Crippen molar-refractivity contribution in [3.05, 3.63) is 0 Å². The molecule has 0 bridgehead atoms. The number of amides is 2. The maximum absolute atomic E-state index is 11.9. The molecule has 6 nitrogen and oxygen atoms in total. The minimum atomic E-state index is -4.33. The van der Waals surface area contributed by atoms with Crippen LogP contribution in [0.15, 0.2) is 0 Å². The first-order chi connectivity index (χ1) is 9.33. The molecule has 0 aromatic carbocycles. The highest BCUT2D eigenvalue weighted by Crippen LogP contribution is 2.12. The number of hydrogen-bond donors (Lipinski definition) is 1. The van der Waals surface area contributed by atoms with Gasteiger partial charge in [0.15, 0.2) is 0 Å². The Hall–Kier alpha value is -1.51. The summed E-state index contributed by atoms with van der Waals surface area (Å²) in [7, 11) is 0. The Balaban J connectivity index is 2.27. The van der Waals surface area contributed by atoms with Gasteiger partial charge in [-0.3, -0.25) is 4.79 Å². The first-order valence-corrected chi connectivity index (χ1v) is 6.30. The molecule has 1 fully saturated rings. The number of alkyl halides is 3. The predicted molar refractivity (Wildman–Crippen MR) is 64.1 cm³/mol. The molecule has 0 aromatic rings. The number of nitrogens with one attached hydrogen (secondary N) is 1. The van der Waals surface area contributed by atoms with Crippen molar-refractivity contribution in [2.45, 2.75) is 13.1 Å². The third-order valence-electron chi connectivity index (χ3n) is 2.76. The molecule has 0 spiro atoms. The lowest BCUT2D eigenvalue weighted by molar-refractivity contribution is -0.135. The Labute approximate surface area is 114 Å². The topological polar surface area (TPSA) is 61.9 Å². The Morgan fingerprint density at radius 1 is 1.15 bits per heavy atom. The van der Waals surface area contributed by atoms with Crippen molar-refractivity contribution in [1.29, 1.82) is 0 Å². The lowest BCUT2D eigenvalue weighted by atomic mass is 10.3. The summed E-state index contributed by atoms with van der Waals surface area (Å²) in [4.78, 5) is 26.0. The quantitative estimate of drug-likeness (QED) is 0.818. The lowest BCUT2D eigenvalue weighted by Gasteiger charge is -2.34. The highest BCUT2D eigenvalue weighted by molar-refractivity contribution is 5.78. The van der Waals surface area contributed by atoms with Gasteiger partial charge in [0.2, 0.25) is 5.91 Å². The number of piperazine rings is 1. The molecule has 1 heterocycles. The van der Waals surface area contributed by atoms with E-state index in [1.807, 2.05) is 0 Å². The average molecular weight is 297 g/mol. The van der Waals surface area contributed by atoms with Crippen molar-refractivity contribution in [2.24, 2.45) is 0 Å². The summed E-state index contributed by atoms with van der Waals surface area (Å²) in [6, 6.07) is 0. The lowest BCUT2D eigenvalue weighted by Crippen LogP contribution is -2.52. The number of carbonyl (C=O) groups excluding carboxylic acids is 2. The molecule has 1 N–H and O–H groups in total. The third kappa shape index (κ3) is 5.64. The van der Waals surface area contributed by atoms with Crippen molar-refractivity contribution < 1.29 is 27.5 Å². The van der Waals surface area contributed by atoms with E-state index in [1.165, 1.54) is 9.80 Å². The maximum atomic E-state index is 11.9. The highest BCUT2D eigenvalue weighted by atomic mass is 19.4. The van der Waals surface area contributed by atoms with E-state index < -0.39 is 24.7 Å². The van der Waals surface area contributed by atoms with E-state index in [9.17, 15) is 22.8 Å². The summed E-state index contributed by atoms with van der Waals surface area (Å²) in [5.41, 5.74) is 0. The molecule has 1 aliphatic rings. The van der Waals surface area contributed by atoms with Gasteiger partial charge in [-0.15, -0.1) is 0 Å². The summed E-state index contributed by atoms with van der Waals surface area (Å²) in [5.74, 6) is -0.405. The van der Waals surface area contributed by atoms with Gasteiger partial charge in [0, 0.05) is 26.2 Å². The Kier molecular flexibility index (Phi) is 6.05. The van der Waals surface area contributed by atoms with Crippen LogP contribution >= 0.6 is 0 Å². The van der Waals surface area contributed by atoms with Crippen LogP contribution in [0.4, 0.5) is 18.0 Å². The van der Waals surface area contributed by atoms with E-state index in [-0.39, 0.29) is 13.2 Å². The minimum Gasteiger partial charge on any atom is -0.450 e. The van der Waals surface area contributed by atoms with Crippen LogP contribution in [-0.4, -0.2) is 73.9 Å². The molecule has 0 unspecified atom stereocenters. The Morgan fingerprint density at radius 2 is 1.70 bits per heavy atom. The summed E-state index contributed by atoms with van der Waals surface area (Å²) in [6.07, 6.45) is -4.77. The zero-order chi connectivity index (χ0) is 15.2. The van der Waals surface area contributed by atoms with Crippen LogP contribution in [0.25, 0.3) is 0 Å². The second kappa shape index (κ2) is 7.32. The van der Waals surface area contributed by atoms with Crippen LogP contribution in [0.2, 0.25) is 0 Å². The second-order valence-corrected chi connectivity index (χ2v) is 4.29. The first kappa shape index (κ1) is 16.5. The molecular weight excluding hydrogens is 279 g/mol. The van der Waals surface area contributed by atoms with Crippen LogP contribution in [0.5, 0.6) is 0 Å². The van der Waals surface area contributed by atoms with Gasteiger partial charge in [-0.1, -0.05) is 0 Å². The summed E-state index contributed by atoms with van der Waals surface area (Å²) < 4.78 is 40.6. The zero-order valence-electron chi connectivity index (χ0n) is 11.2. The number of nitrogens with zero attached hydrogens (tertiary/aromatic N) is 2. The predicted octanol–water partition coefficient (Wildman–Crippen LogP) is 0.439. The van der Waals surface area contributed by atoms with Crippen molar-refractivity contribution in [1.82, 2.24) is 15.1 Å². The van der Waals surface area contributed by atoms with Gasteiger partial charge in [-0.2, -0.15) is 13.2 Å². The summed E-state index contributed by atoms with van der Waals surface area (Å²) in [5, 5.41) is 2.06. The standard InChI is InChI=1S/C11H18F3N3O3/c1-2-20-10(19)17-5-3-16(4-6-17)9(18)7-15-8-11(12,13)14/h15H,2-8H2,1H3. The zero-order valence-corrected chi connectivity index (χ0v) is 11.2. The first-order valence-electron chi connectivity index (χ1n) is 6.30. The van der Waals surface area contributed by atoms with Crippen molar-refractivity contribution in [2.75, 3.05) is 45.9 Å². The molecule has 0 aromatic heterocycles. The van der Waals surface area contributed by atoms with E-state index in [2.05, 4.69) is 5.32 Å². The van der Waals surface area contributed by atoms with Gasteiger partial charge in [0.1, 0.15) is 0 Å². The molecule has 1 aliphatic heterocycles. The van der Waals surface area contributed by atoms with Crippen LogP contribution in [0.1, 0.15) is 6.92 Å². The van der Waals surface area contributed by atoms with Gasteiger partial charge >= 0.3 is 12.3 Å². The number of rotatable bonds is 4. The van der Waals surface area contributed by atoms with Crippen LogP contribution < -0.4 is 5.32 Å². The molecule has 1 rings (SSSR count). The second-order valence-electron chi connectivity index (χ2n) is 4.29. The molecule has 0 atom stereocenters. The van der Waals surface area contributed by atoms with Crippen molar-refractivity contribution >= 4 is 12.0 Å². The van der Waals surface area contributed by atoms with Gasteiger partial charge in [-0.25, -0.2) is 4.79 Å². The monoisotopic (exact) mass is 297 g/mol. The third-order valence-corrected chi connectivity index (χ3v) is 2.76. The molecule has 2 amide bonds. The number of carbonyl (C=O) groups is 2. The maximum Gasteiger partial charge on any atom is 0.409 e. The van der Waals surface area contributed by atoms with Gasteiger partial charge < -0.3 is 19.9 Å². The summed E-state index contributed by atoms with van der Waals surface area (Å²) in [6.45, 7) is 1.66. The fraction of sp³-hybridized carbons (Fsp3) is 0.818. The van der Waals surface area contributed by atoms with Gasteiger partial charge in [0.05, 0.1) is 19.7 Å². The van der Waals surface area contributed by atoms with Crippen molar-refractivity contribution in [3.63, 3.8) is 0 Å². The molecule has 9 heteroatoms. The number of hydrogen-bond acceptors (Lipinski definition) is 4. The number of halogens is 3. The van der Waals surface area contributed by atoms with Crippen LogP contribution in [-0.2, 0) is 9.53 Å². The van der Waals surface area contributed by atoms with Crippen LogP contribution in [0.3, 0.4) is 0 Å². The molecule has 116 valence electrons. The Bertz CT molecular complexity index is 342. The van der Waals surface area contributed by atoms with Crippen LogP contribution in [0, 0.1) is 0 Å². The molecule has 0 radical (unpaired) electrons. The molecule has 0 aliphatic carbocycles. The van der Waals surface area contributed by atoms with E-state index in [4.69, 9.17) is 4.74 Å². The molecule has 0 saturated carbocycles. The fourth-order valence-corrected chi connectivity index (χ4v) is 1.78. The summed E-state index contributed by atoms with van der Waals surface area (Å²) >= 11 is 0. The van der Waals surface area contributed by atoms with E-state index in [0.29, 0.717) is 26.2 Å².